The predicted molar refractivity (Wildman–Crippen MR) is 117 cm³/mol. The standard InChI is InChI=1S/C21H32N2O6S/c1-23(2)18-10-9-12-20(16-18)29-17-19(24)11-6-8-15-30(27,28)22-14-7-4-3-5-13-21(25)26/h9-10,12,16,19,22,24H,3,5-6,8,11,13-15,17H2,1-2H3,(H,25,26). The van der Waals surface area contributed by atoms with Crippen LogP contribution in [0.3, 0.4) is 0 Å². The van der Waals surface area contributed by atoms with E-state index in [-0.39, 0.29) is 25.3 Å². The molecule has 1 aromatic rings. The summed E-state index contributed by atoms with van der Waals surface area (Å²) >= 11 is 0. The number of hydrogen-bond acceptors (Lipinski definition) is 6. The molecule has 0 aromatic heterocycles. The Morgan fingerprint density at radius 1 is 1.23 bits per heavy atom. The number of anilines is 1. The summed E-state index contributed by atoms with van der Waals surface area (Å²) in [4.78, 5) is 12.3. The Morgan fingerprint density at radius 2 is 2.00 bits per heavy atom. The number of ether oxygens (including phenoxy) is 1. The zero-order valence-corrected chi connectivity index (χ0v) is 18.5. The van der Waals surface area contributed by atoms with Gasteiger partial charge in [0.25, 0.3) is 0 Å². The molecule has 8 nitrogen and oxygen atoms in total. The van der Waals surface area contributed by atoms with Crippen molar-refractivity contribution in [2.24, 2.45) is 0 Å². The Balaban J connectivity index is 2.18. The minimum absolute atomic E-state index is 0.0118. The average molecular weight is 441 g/mol. The van der Waals surface area contributed by atoms with Gasteiger partial charge in [-0.25, -0.2) is 13.1 Å². The zero-order chi connectivity index (χ0) is 22.4. The topological polar surface area (TPSA) is 116 Å². The number of carboxylic acid groups (broad SMARTS) is 1. The molecule has 0 aliphatic heterocycles. The van der Waals surface area contributed by atoms with Gasteiger partial charge in [-0.3, -0.25) is 4.79 Å². The van der Waals surface area contributed by atoms with Crippen molar-refractivity contribution in [3.63, 3.8) is 0 Å². The molecule has 30 heavy (non-hydrogen) atoms. The summed E-state index contributed by atoms with van der Waals surface area (Å²) in [6, 6.07) is 7.56. The van der Waals surface area contributed by atoms with E-state index in [0.29, 0.717) is 37.9 Å². The largest absolute Gasteiger partial charge is 0.491 e. The fourth-order valence-electron chi connectivity index (χ4n) is 2.50. The molecule has 0 aliphatic rings. The van der Waals surface area contributed by atoms with E-state index in [2.05, 4.69) is 16.6 Å². The molecule has 0 saturated heterocycles. The van der Waals surface area contributed by atoms with Crippen molar-refractivity contribution in [3.8, 4) is 17.6 Å². The van der Waals surface area contributed by atoms with Gasteiger partial charge in [-0.1, -0.05) is 12.0 Å². The Bertz CT molecular complexity index is 814. The Morgan fingerprint density at radius 3 is 2.70 bits per heavy atom. The summed E-state index contributed by atoms with van der Waals surface area (Å²) in [5.41, 5.74) is 1.00. The number of aliphatic hydroxyl groups is 1. The fraction of sp³-hybridized carbons (Fsp3) is 0.571. The van der Waals surface area contributed by atoms with Crippen molar-refractivity contribution >= 4 is 21.7 Å². The summed E-state index contributed by atoms with van der Waals surface area (Å²) in [6.45, 7) is 0.164. The number of hydrogen-bond donors (Lipinski definition) is 3. The van der Waals surface area contributed by atoms with Crippen LogP contribution >= 0.6 is 0 Å². The molecule has 0 fully saturated rings. The first-order chi connectivity index (χ1) is 14.2. The monoisotopic (exact) mass is 440 g/mol. The van der Waals surface area contributed by atoms with Gasteiger partial charge in [-0.15, -0.1) is 5.92 Å². The van der Waals surface area contributed by atoms with Crippen molar-refractivity contribution < 1.29 is 28.2 Å². The molecule has 0 saturated carbocycles. The van der Waals surface area contributed by atoms with Crippen molar-refractivity contribution in [3.05, 3.63) is 24.3 Å². The van der Waals surface area contributed by atoms with Gasteiger partial charge in [0, 0.05) is 38.7 Å². The molecule has 1 aromatic carbocycles. The first kappa shape index (κ1) is 25.8. The lowest BCUT2D eigenvalue weighted by molar-refractivity contribution is -0.137. The van der Waals surface area contributed by atoms with Crippen molar-refractivity contribution in [1.29, 1.82) is 0 Å². The van der Waals surface area contributed by atoms with E-state index < -0.39 is 22.1 Å². The number of rotatable bonds is 14. The number of carboxylic acids is 1. The van der Waals surface area contributed by atoms with E-state index in [1.54, 1.807) is 0 Å². The van der Waals surface area contributed by atoms with E-state index in [1.165, 1.54) is 0 Å². The molecule has 1 unspecified atom stereocenters. The Kier molecular flexibility index (Phi) is 11.9. The third-order valence-electron chi connectivity index (χ3n) is 4.17. The lowest BCUT2D eigenvalue weighted by Crippen LogP contribution is -2.27. The van der Waals surface area contributed by atoms with Crippen LogP contribution in [0.25, 0.3) is 0 Å². The van der Waals surface area contributed by atoms with E-state index in [1.807, 2.05) is 43.3 Å². The number of unbranched alkanes of at least 4 members (excludes halogenated alkanes) is 2. The Hall–Kier alpha value is -2.28. The van der Waals surface area contributed by atoms with Gasteiger partial charge in [0.1, 0.15) is 12.4 Å². The molecule has 9 heteroatoms. The van der Waals surface area contributed by atoms with Gasteiger partial charge in [0.05, 0.1) is 18.4 Å². The quantitative estimate of drug-likeness (QED) is 0.299. The number of benzene rings is 1. The summed E-state index contributed by atoms with van der Waals surface area (Å²) in [5, 5.41) is 18.5. The first-order valence-corrected chi connectivity index (χ1v) is 11.6. The van der Waals surface area contributed by atoms with Crippen molar-refractivity contribution in [1.82, 2.24) is 4.72 Å². The molecule has 0 bridgehead atoms. The second-order valence-electron chi connectivity index (χ2n) is 7.09. The van der Waals surface area contributed by atoms with Gasteiger partial charge in [-0.05, 0) is 37.8 Å². The van der Waals surface area contributed by atoms with Crippen LogP contribution in [0.5, 0.6) is 5.75 Å². The number of carbonyl (C=O) groups is 1. The second kappa shape index (κ2) is 13.9. The molecule has 3 N–H and O–H groups in total. The second-order valence-corrected chi connectivity index (χ2v) is 9.02. The van der Waals surface area contributed by atoms with Gasteiger partial charge < -0.3 is 19.8 Å². The van der Waals surface area contributed by atoms with Crippen molar-refractivity contribution in [2.75, 3.05) is 37.9 Å². The van der Waals surface area contributed by atoms with Crippen LogP contribution < -0.4 is 14.4 Å². The first-order valence-electron chi connectivity index (χ1n) is 9.92. The van der Waals surface area contributed by atoms with Crippen molar-refractivity contribution in [2.45, 2.75) is 44.6 Å². The molecule has 1 rings (SSSR count). The van der Waals surface area contributed by atoms with E-state index in [0.717, 1.165) is 5.69 Å². The molecule has 168 valence electrons. The SMILES string of the molecule is CN(C)c1cccc(OCC(O)CCCCS(=O)(=O)NCC#CCCCC(=O)O)c1. The van der Waals surface area contributed by atoms with E-state index in [4.69, 9.17) is 9.84 Å². The fourth-order valence-corrected chi connectivity index (χ4v) is 3.52. The maximum absolute atomic E-state index is 11.9. The van der Waals surface area contributed by atoms with Crippen LogP contribution in [0.1, 0.15) is 38.5 Å². The molecule has 1 atom stereocenters. The van der Waals surface area contributed by atoms with Gasteiger partial charge in [0.2, 0.25) is 10.0 Å². The predicted octanol–water partition coefficient (Wildman–Crippen LogP) is 1.84. The van der Waals surface area contributed by atoms with Crippen LogP contribution in [0.15, 0.2) is 24.3 Å². The van der Waals surface area contributed by atoms with Crippen LogP contribution in [0.2, 0.25) is 0 Å². The van der Waals surface area contributed by atoms with Crippen LogP contribution in [0.4, 0.5) is 5.69 Å². The highest BCUT2D eigenvalue weighted by molar-refractivity contribution is 7.89. The number of nitrogens with one attached hydrogen (secondary N) is 1. The Labute approximate surface area is 179 Å². The maximum Gasteiger partial charge on any atom is 0.303 e. The molecular formula is C21H32N2O6S. The molecule has 0 heterocycles. The lowest BCUT2D eigenvalue weighted by atomic mass is 10.2. The van der Waals surface area contributed by atoms with Crippen LogP contribution in [-0.4, -0.2) is 63.7 Å². The molecule has 0 radical (unpaired) electrons. The summed E-state index contributed by atoms with van der Waals surface area (Å²) < 4.78 is 31.8. The number of sulfonamides is 1. The average Bonchev–Trinajstić information content (AvgIpc) is 2.69. The van der Waals surface area contributed by atoms with E-state index >= 15 is 0 Å². The summed E-state index contributed by atoms with van der Waals surface area (Å²) in [5.74, 6) is 5.19. The third kappa shape index (κ3) is 12.3. The van der Waals surface area contributed by atoms with E-state index in [9.17, 15) is 18.3 Å². The van der Waals surface area contributed by atoms with Crippen LogP contribution in [0, 0.1) is 11.8 Å². The highest BCUT2D eigenvalue weighted by Crippen LogP contribution is 2.19. The number of aliphatic carboxylic acids is 1. The third-order valence-corrected chi connectivity index (χ3v) is 5.59. The van der Waals surface area contributed by atoms with Gasteiger partial charge in [-0.2, -0.15) is 0 Å². The van der Waals surface area contributed by atoms with Gasteiger partial charge >= 0.3 is 5.97 Å². The normalized spacial score (nSPS) is 12.0. The maximum atomic E-state index is 11.9. The van der Waals surface area contributed by atoms with Gasteiger partial charge in [0.15, 0.2) is 0 Å². The highest BCUT2D eigenvalue weighted by Gasteiger charge is 2.10. The lowest BCUT2D eigenvalue weighted by Gasteiger charge is -2.16. The van der Waals surface area contributed by atoms with Crippen LogP contribution in [-0.2, 0) is 14.8 Å². The zero-order valence-electron chi connectivity index (χ0n) is 17.6. The highest BCUT2D eigenvalue weighted by atomic mass is 32.2. The smallest absolute Gasteiger partial charge is 0.303 e. The molecule has 0 spiro atoms. The molecule has 0 aliphatic carbocycles. The minimum Gasteiger partial charge on any atom is -0.491 e. The molecule has 0 amide bonds. The number of nitrogens with zero attached hydrogens (tertiary/aromatic N) is 1. The number of aliphatic hydroxyl groups excluding tert-OH is 1. The minimum atomic E-state index is -3.42. The summed E-state index contributed by atoms with van der Waals surface area (Å²) in [7, 11) is 0.455. The molecular weight excluding hydrogens is 408 g/mol. The summed E-state index contributed by atoms with van der Waals surface area (Å²) in [6.07, 6.45) is 1.70.